The summed E-state index contributed by atoms with van der Waals surface area (Å²) in [6.45, 7) is -1.06. The Hall–Kier alpha value is -1.13. The van der Waals surface area contributed by atoms with Gasteiger partial charge in [-0.25, -0.2) is 0 Å². The molecule has 0 spiro atoms. The van der Waals surface area contributed by atoms with Gasteiger partial charge in [-0.2, -0.15) is 0 Å². The number of rotatable bonds is 11. The quantitative estimate of drug-likeness (QED) is 0.0669. The Labute approximate surface area is 184 Å². The van der Waals surface area contributed by atoms with Crippen molar-refractivity contribution in [2.24, 2.45) is 5.11 Å². The fraction of sp³-hybridized carbons (Fsp3) is 1.00. The molecule has 0 saturated carbocycles. The lowest BCUT2D eigenvalue weighted by Gasteiger charge is -2.49. The Balaban J connectivity index is 1.99. The largest absolute Gasteiger partial charge is 0.394 e. The molecule has 0 aromatic heterocycles. The van der Waals surface area contributed by atoms with Gasteiger partial charge in [-0.05, 0) is 18.4 Å². The lowest BCUT2D eigenvalue weighted by Crippen LogP contribution is -2.68. The van der Waals surface area contributed by atoms with Crippen molar-refractivity contribution in [3.8, 4) is 0 Å². The first-order valence-corrected chi connectivity index (χ1v) is 10.5. The Morgan fingerprint density at radius 3 is 2.16 bits per heavy atom. The van der Waals surface area contributed by atoms with Gasteiger partial charge in [-0.3, -0.25) is 0 Å². The molecular formula is C18H33N3O11. The van der Waals surface area contributed by atoms with Gasteiger partial charge in [0.15, 0.2) is 12.1 Å². The van der Waals surface area contributed by atoms with Gasteiger partial charge in [0.25, 0.3) is 0 Å². The molecular weight excluding hydrogens is 434 g/mol. The molecule has 186 valence electrons. The van der Waals surface area contributed by atoms with Gasteiger partial charge >= 0.3 is 0 Å². The summed E-state index contributed by atoms with van der Waals surface area (Å²) in [5.41, 5.74) is 8.24. The van der Waals surface area contributed by atoms with Crippen LogP contribution in [0.2, 0.25) is 0 Å². The van der Waals surface area contributed by atoms with E-state index in [0.29, 0.717) is 32.2 Å². The molecule has 1 unspecified atom stereocenters. The molecule has 32 heavy (non-hydrogen) atoms. The van der Waals surface area contributed by atoms with E-state index in [1.165, 1.54) is 0 Å². The average Bonchev–Trinajstić information content (AvgIpc) is 2.78. The van der Waals surface area contributed by atoms with Crippen LogP contribution < -0.4 is 0 Å². The van der Waals surface area contributed by atoms with E-state index < -0.39 is 74.1 Å². The number of aliphatic hydroxyl groups is 8. The van der Waals surface area contributed by atoms with Crippen LogP contribution in [0.15, 0.2) is 5.11 Å². The number of ether oxygens (including phenoxy) is 3. The van der Waals surface area contributed by atoms with Crippen LogP contribution in [0, 0.1) is 0 Å². The fourth-order valence-corrected chi connectivity index (χ4v) is 3.88. The second kappa shape index (κ2) is 12.4. The summed E-state index contributed by atoms with van der Waals surface area (Å²) < 4.78 is 16.1. The van der Waals surface area contributed by atoms with Gasteiger partial charge < -0.3 is 55.1 Å². The van der Waals surface area contributed by atoms with Gasteiger partial charge in [0.2, 0.25) is 0 Å². The summed E-state index contributed by atoms with van der Waals surface area (Å²) in [6, 6.07) is 0. The van der Waals surface area contributed by atoms with E-state index in [1.807, 2.05) is 0 Å². The van der Waals surface area contributed by atoms with E-state index >= 15 is 0 Å². The first-order valence-electron chi connectivity index (χ1n) is 10.5. The monoisotopic (exact) mass is 467 g/mol. The third-order valence-corrected chi connectivity index (χ3v) is 5.77. The van der Waals surface area contributed by atoms with Crippen molar-refractivity contribution in [2.45, 2.75) is 93.0 Å². The molecule has 0 amide bonds. The third-order valence-electron chi connectivity index (χ3n) is 5.77. The minimum Gasteiger partial charge on any atom is -0.394 e. The van der Waals surface area contributed by atoms with Crippen molar-refractivity contribution in [3.05, 3.63) is 10.4 Å². The van der Waals surface area contributed by atoms with Crippen LogP contribution in [0.4, 0.5) is 0 Å². The van der Waals surface area contributed by atoms with E-state index in [0.717, 1.165) is 0 Å². The topological polar surface area (TPSA) is 238 Å². The zero-order valence-electron chi connectivity index (χ0n) is 17.5. The number of unbranched alkanes of at least 4 members (excludes halogenated alkanes) is 3. The van der Waals surface area contributed by atoms with Crippen molar-refractivity contribution < 1.29 is 55.1 Å². The fourth-order valence-electron chi connectivity index (χ4n) is 3.88. The second-order valence-electron chi connectivity index (χ2n) is 8.04. The van der Waals surface area contributed by atoms with E-state index in [9.17, 15) is 40.9 Å². The summed E-state index contributed by atoms with van der Waals surface area (Å²) >= 11 is 0. The molecule has 2 heterocycles. The molecule has 10 atom stereocenters. The van der Waals surface area contributed by atoms with E-state index in [1.54, 1.807) is 0 Å². The molecule has 14 nitrogen and oxygen atoms in total. The van der Waals surface area contributed by atoms with Gasteiger partial charge in [-0.1, -0.05) is 18.0 Å². The highest BCUT2D eigenvalue weighted by Gasteiger charge is 2.55. The van der Waals surface area contributed by atoms with E-state index in [-0.39, 0.29) is 6.42 Å². The van der Waals surface area contributed by atoms with Gasteiger partial charge in [0.05, 0.1) is 13.2 Å². The molecule has 2 fully saturated rings. The van der Waals surface area contributed by atoms with Crippen LogP contribution in [0.5, 0.6) is 0 Å². The number of hydrogen-bond acceptors (Lipinski definition) is 12. The molecule has 0 radical (unpaired) electrons. The Morgan fingerprint density at radius 2 is 1.53 bits per heavy atom. The molecule has 0 aromatic rings. The molecule has 2 aliphatic rings. The van der Waals surface area contributed by atoms with Crippen LogP contribution in [0.3, 0.4) is 0 Å². The summed E-state index contributed by atoms with van der Waals surface area (Å²) in [4.78, 5) is 2.65. The van der Waals surface area contributed by atoms with Gasteiger partial charge in [-0.15, -0.1) is 0 Å². The van der Waals surface area contributed by atoms with Crippen molar-refractivity contribution in [3.63, 3.8) is 0 Å². The minimum absolute atomic E-state index is 0.0595. The molecule has 0 aromatic carbocycles. The van der Waals surface area contributed by atoms with Crippen molar-refractivity contribution in [1.29, 1.82) is 0 Å². The Morgan fingerprint density at radius 1 is 0.875 bits per heavy atom. The van der Waals surface area contributed by atoms with Crippen LogP contribution in [0.25, 0.3) is 10.4 Å². The van der Waals surface area contributed by atoms with Gasteiger partial charge in [0, 0.05) is 17.9 Å². The maximum atomic E-state index is 10.7. The molecule has 14 heteroatoms. The zero-order chi connectivity index (χ0) is 23.9. The predicted molar refractivity (Wildman–Crippen MR) is 105 cm³/mol. The highest BCUT2D eigenvalue weighted by molar-refractivity contribution is 4.98. The summed E-state index contributed by atoms with van der Waals surface area (Å²) in [7, 11) is 0. The minimum atomic E-state index is -2.17. The van der Waals surface area contributed by atoms with Crippen LogP contribution in [-0.4, -0.2) is 122 Å². The van der Waals surface area contributed by atoms with E-state index in [4.69, 9.17) is 19.7 Å². The molecule has 2 aliphatic heterocycles. The van der Waals surface area contributed by atoms with E-state index in [2.05, 4.69) is 10.0 Å². The lowest BCUT2D eigenvalue weighted by atomic mass is 9.89. The van der Waals surface area contributed by atoms with Crippen molar-refractivity contribution >= 4 is 0 Å². The van der Waals surface area contributed by atoms with Crippen LogP contribution in [0.1, 0.15) is 32.1 Å². The lowest BCUT2D eigenvalue weighted by molar-refractivity contribution is -0.384. The third kappa shape index (κ3) is 6.26. The Kier molecular flexibility index (Phi) is 10.5. The average molecular weight is 467 g/mol. The van der Waals surface area contributed by atoms with Crippen LogP contribution in [-0.2, 0) is 14.2 Å². The summed E-state index contributed by atoms with van der Waals surface area (Å²) in [6.07, 6.45) is -12.0. The molecule has 8 N–H and O–H groups in total. The predicted octanol–water partition coefficient (Wildman–Crippen LogP) is -2.77. The maximum Gasteiger partial charge on any atom is 0.195 e. The maximum absolute atomic E-state index is 10.7. The molecule has 0 aliphatic carbocycles. The van der Waals surface area contributed by atoms with Crippen molar-refractivity contribution in [1.82, 2.24) is 0 Å². The standard InChI is InChI=1S/C18H33N3O11/c19-21-20-6-4-2-1-3-5-18(29)16(28)14(27)15(10(8-23)32-18)31-17-13(26)12(25)11(24)9(7-22)30-17/h9-17,22-29H,1-8H2/t9-,10-,11+,12+,13-,14+,15-,16-,17+,18?/m1/s1. The summed E-state index contributed by atoms with van der Waals surface area (Å²) in [5, 5.41) is 84.0. The summed E-state index contributed by atoms with van der Waals surface area (Å²) in [5.74, 6) is -2.17. The number of aliphatic hydroxyl groups excluding tert-OH is 7. The van der Waals surface area contributed by atoms with Crippen molar-refractivity contribution in [2.75, 3.05) is 19.8 Å². The second-order valence-corrected chi connectivity index (χ2v) is 8.04. The van der Waals surface area contributed by atoms with Gasteiger partial charge in [0.1, 0.15) is 48.8 Å². The number of nitrogens with zero attached hydrogens (tertiary/aromatic N) is 3. The first-order chi connectivity index (χ1) is 15.2. The number of hydrogen-bond donors (Lipinski definition) is 8. The highest BCUT2D eigenvalue weighted by atomic mass is 16.7. The first kappa shape index (κ1) is 27.1. The molecule has 2 saturated heterocycles. The Bertz CT molecular complexity index is 621. The SMILES string of the molecule is [N-]=[N+]=NCCCCCCC1(O)O[C@H](CO)[C@@H](O[C@@H]2O[C@H](CO)[C@H](O)[C@H](O)[C@H]2O)[C@H](O)[C@H]1O. The zero-order valence-corrected chi connectivity index (χ0v) is 17.5. The number of azide groups is 1. The smallest absolute Gasteiger partial charge is 0.195 e. The van der Waals surface area contributed by atoms with Crippen LogP contribution >= 0.6 is 0 Å². The highest BCUT2D eigenvalue weighted by Crippen LogP contribution is 2.35. The normalized spacial score (nSPS) is 42.4. The molecule has 2 rings (SSSR count). The molecule has 0 bridgehead atoms.